The van der Waals surface area contributed by atoms with E-state index in [9.17, 15) is 4.79 Å². The number of benzene rings is 2. The van der Waals surface area contributed by atoms with Gasteiger partial charge in [-0.15, -0.1) is 0 Å². The minimum absolute atomic E-state index is 0.01000. The molecular formula is C24H26O2. The SMILES string of the molecule is C/C(=C\[C@H]1CO[C@H](C2(c3ccccc3)CCC2)[C@H]1C=O)c1ccccc1. The Hall–Kier alpha value is -2.19. The molecule has 0 unspecified atom stereocenters. The van der Waals surface area contributed by atoms with E-state index in [0.29, 0.717) is 6.61 Å². The quantitative estimate of drug-likeness (QED) is 0.709. The molecule has 0 radical (unpaired) electrons. The summed E-state index contributed by atoms with van der Waals surface area (Å²) >= 11 is 0. The maximum absolute atomic E-state index is 12.1. The first-order valence-corrected chi connectivity index (χ1v) is 9.61. The molecule has 26 heavy (non-hydrogen) atoms. The molecule has 2 heteroatoms. The molecule has 0 amide bonds. The molecule has 0 spiro atoms. The summed E-state index contributed by atoms with van der Waals surface area (Å²) in [4.78, 5) is 12.1. The van der Waals surface area contributed by atoms with Crippen LogP contribution in [0.3, 0.4) is 0 Å². The summed E-state index contributed by atoms with van der Waals surface area (Å²) in [6.07, 6.45) is 6.80. The van der Waals surface area contributed by atoms with Gasteiger partial charge in [0.15, 0.2) is 0 Å². The van der Waals surface area contributed by atoms with Crippen LogP contribution in [0.2, 0.25) is 0 Å². The highest BCUT2D eigenvalue weighted by atomic mass is 16.5. The molecule has 1 saturated carbocycles. The summed E-state index contributed by atoms with van der Waals surface area (Å²) in [5.41, 5.74) is 3.76. The van der Waals surface area contributed by atoms with E-state index in [-0.39, 0.29) is 23.4 Å². The molecule has 2 nitrogen and oxygen atoms in total. The van der Waals surface area contributed by atoms with Gasteiger partial charge < -0.3 is 9.53 Å². The Morgan fingerprint density at radius 2 is 1.69 bits per heavy atom. The van der Waals surface area contributed by atoms with Crippen LogP contribution in [-0.2, 0) is 14.9 Å². The lowest BCUT2D eigenvalue weighted by Gasteiger charge is -2.47. The molecule has 1 aliphatic heterocycles. The molecule has 2 aliphatic rings. The molecule has 0 aromatic heterocycles. The summed E-state index contributed by atoms with van der Waals surface area (Å²) in [5.74, 6) is 0.0769. The van der Waals surface area contributed by atoms with Crippen molar-refractivity contribution < 1.29 is 9.53 Å². The Balaban J connectivity index is 1.61. The summed E-state index contributed by atoms with van der Waals surface area (Å²) < 4.78 is 6.29. The van der Waals surface area contributed by atoms with Crippen molar-refractivity contribution in [1.29, 1.82) is 0 Å². The van der Waals surface area contributed by atoms with Gasteiger partial charge in [-0.05, 0) is 36.5 Å². The molecule has 3 atom stereocenters. The lowest BCUT2D eigenvalue weighted by Crippen LogP contribution is -2.49. The maximum Gasteiger partial charge on any atom is 0.126 e. The molecule has 1 heterocycles. The van der Waals surface area contributed by atoms with Gasteiger partial charge in [-0.25, -0.2) is 0 Å². The lowest BCUT2D eigenvalue weighted by molar-refractivity contribution is -0.115. The zero-order valence-electron chi connectivity index (χ0n) is 15.3. The third-order valence-corrected chi connectivity index (χ3v) is 6.30. The van der Waals surface area contributed by atoms with Crippen molar-refractivity contribution in [2.45, 2.75) is 37.7 Å². The summed E-state index contributed by atoms with van der Waals surface area (Å²) in [6, 6.07) is 21.0. The second-order valence-corrected chi connectivity index (χ2v) is 7.72. The third-order valence-electron chi connectivity index (χ3n) is 6.30. The molecule has 1 saturated heterocycles. The minimum Gasteiger partial charge on any atom is -0.376 e. The van der Waals surface area contributed by atoms with Crippen molar-refractivity contribution in [3.8, 4) is 0 Å². The van der Waals surface area contributed by atoms with Crippen LogP contribution in [-0.4, -0.2) is 19.0 Å². The van der Waals surface area contributed by atoms with E-state index in [1.165, 1.54) is 23.1 Å². The van der Waals surface area contributed by atoms with Crippen molar-refractivity contribution in [3.05, 3.63) is 77.9 Å². The molecule has 0 N–H and O–H groups in total. The predicted octanol–water partition coefficient (Wildman–Crippen LogP) is 5.04. The normalized spacial score (nSPS) is 27.7. The first-order valence-electron chi connectivity index (χ1n) is 9.61. The van der Waals surface area contributed by atoms with Gasteiger partial charge in [0.25, 0.3) is 0 Å². The van der Waals surface area contributed by atoms with Gasteiger partial charge in [0.1, 0.15) is 6.29 Å². The van der Waals surface area contributed by atoms with Gasteiger partial charge >= 0.3 is 0 Å². The number of carbonyl (C=O) groups excluding carboxylic acids is 1. The average molecular weight is 346 g/mol. The monoisotopic (exact) mass is 346 g/mol. The first-order chi connectivity index (χ1) is 12.7. The molecular weight excluding hydrogens is 320 g/mol. The van der Waals surface area contributed by atoms with Crippen molar-refractivity contribution >= 4 is 11.9 Å². The fourth-order valence-electron chi connectivity index (χ4n) is 4.70. The van der Waals surface area contributed by atoms with Gasteiger partial charge in [-0.3, -0.25) is 0 Å². The molecule has 2 aromatic carbocycles. The van der Waals surface area contributed by atoms with Crippen LogP contribution >= 0.6 is 0 Å². The predicted molar refractivity (Wildman–Crippen MR) is 105 cm³/mol. The van der Waals surface area contributed by atoms with Gasteiger partial charge in [0.2, 0.25) is 0 Å². The fourth-order valence-corrected chi connectivity index (χ4v) is 4.70. The second-order valence-electron chi connectivity index (χ2n) is 7.72. The van der Waals surface area contributed by atoms with Gasteiger partial charge in [0.05, 0.1) is 18.6 Å². The maximum atomic E-state index is 12.1. The van der Waals surface area contributed by atoms with Crippen LogP contribution in [0.15, 0.2) is 66.7 Å². The number of carbonyl (C=O) groups is 1. The average Bonchev–Trinajstić information content (AvgIpc) is 3.05. The lowest BCUT2D eigenvalue weighted by atomic mass is 9.58. The van der Waals surface area contributed by atoms with Crippen molar-refractivity contribution in [1.82, 2.24) is 0 Å². The zero-order chi connectivity index (χ0) is 18.0. The van der Waals surface area contributed by atoms with Gasteiger partial charge in [0, 0.05) is 11.3 Å². The highest BCUT2D eigenvalue weighted by Gasteiger charge is 2.53. The van der Waals surface area contributed by atoms with Crippen LogP contribution in [0.1, 0.15) is 37.3 Å². The van der Waals surface area contributed by atoms with Crippen molar-refractivity contribution in [2.75, 3.05) is 6.61 Å². The van der Waals surface area contributed by atoms with Crippen molar-refractivity contribution in [2.24, 2.45) is 11.8 Å². The Bertz CT molecular complexity index is 774. The van der Waals surface area contributed by atoms with Crippen LogP contribution in [0.5, 0.6) is 0 Å². The number of hydrogen-bond acceptors (Lipinski definition) is 2. The second kappa shape index (κ2) is 7.20. The van der Waals surface area contributed by atoms with E-state index in [2.05, 4.69) is 67.6 Å². The molecule has 134 valence electrons. The Labute approximate surface area is 155 Å². The molecule has 0 bridgehead atoms. The van der Waals surface area contributed by atoms with E-state index >= 15 is 0 Å². The van der Waals surface area contributed by atoms with E-state index in [4.69, 9.17) is 4.74 Å². The third kappa shape index (κ3) is 2.93. The van der Waals surface area contributed by atoms with Gasteiger partial charge in [-0.2, -0.15) is 0 Å². The molecule has 4 rings (SSSR count). The zero-order valence-corrected chi connectivity index (χ0v) is 15.3. The topological polar surface area (TPSA) is 26.3 Å². The number of ether oxygens (including phenoxy) is 1. The van der Waals surface area contributed by atoms with Crippen molar-refractivity contribution in [3.63, 3.8) is 0 Å². The molecule has 2 aromatic rings. The van der Waals surface area contributed by atoms with Crippen LogP contribution in [0.25, 0.3) is 5.57 Å². The highest BCUT2D eigenvalue weighted by molar-refractivity contribution is 5.66. The fraction of sp³-hybridized carbons (Fsp3) is 0.375. The summed E-state index contributed by atoms with van der Waals surface area (Å²) in [7, 11) is 0. The van der Waals surface area contributed by atoms with E-state index in [1.54, 1.807) is 0 Å². The minimum atomic E-state index is -0.0748. The number of aldehydes is 1. The highest BCUT2D eigenvalue weighted by Crippen LogP contribution is 2.52. The summed E-state index contributed by atoms with van der Waals surface area (Å²) in [6.45, 7) is 2.76. The van der Waals surface area contributed by atoms with Crippen LogP contribution in [0.4, 0.5) is 0 Å². The van der Waals surface area contributed by atoms with Crippen LogP contribution in [0, 0.1) is 11.8 Å². The standard InChI is InChI=1S/C24H26O2/c1-18(19-9-4-2-5-10-19)15-20-17-26-23(22(20)16-25)24(13-8-14-24)21-11-6-3-7-12-21/h2-7,9-12,15-16,20,22-23H,8,13-14,17H2,1H3/b18-15+/t20-,22-,23-/m0/s1. The van der Waals surface area contributed by atoms with E-state index in [1.807, 2.05) is 6.07 Å². The number of allylic oxidation sites excluding steroid dienone is 1. The largest absolute Gasteiger partial charge is 0.376 e. The van der Waals surface area contributed by atoms with Crippen LogP contribution < -0.4 is 0 Å². The Morgan fingerprint density at radius 1 is 1.04 bits per heavy atom. The Kier molecular flexibility index (Phi) is 4.78. The molecule has 1 aliphatic carbocycles. The summed E-state index contributed by atoms with van der Waals surface area (Å²) in [5, 5.41) is 0. The smallest absolute Gasteiger partial charge is 0.126 e. The number of hydrogen-bond donors (Lipinski definition) is 0. The first kappa shape index (κ1) is 17.2. The number of rotatable bonds is 5. The molecule has 2 fully saturated rings. The Morgan fingerprint density at radius 3 is 2.27 bits per heavy atom. The van der Waals surface area contributed by atoms with E-state index < -0.39 is 0 Å². The van der Waals surface area contributed by atoms with Gasteiger partial charge in [-0.1, -0.05) is 73.2 Å². The van der Waals surface area contributed by atoms with E-state index in [0.717, 1.165) is 19.1 Å².